The third-order valence-electron chi connectivity index (χ3n) is 2.45. The molecule has 16 heavy (non-hydrogen) atoms. The first-order valence-electron chi connectivity index (χ1n) is 6.50. The second-order valence-electron chi connectivity index (χ2n) is 3.94. The maximum absolute atomic E-state index is 5.60. The van der Waals surface area contributed by atoms with Crippen molar-refractivity contribution in [1.82, 2.24) is 10.5 Å². The van der Waals surface area contributed by atoms with E-state index in [0.29, 0.717) is 0 Å². The lowest BCUT2D eigenvalue weighted by molar-refractivity contribution is -0.160. The Labute approximate surface area is 100 Å². The summed E-state index contributed by atoms with van der Waals surface area (Å²) >= 11 is 0. The standard InChI is InChI=1S/C12H28N2O2/c1-5-8-11-15-14(7-3)10-9-13-16-12(4)6-2/h12-13H,5-11H2,1-4H3. The van der Waals surface area contributed by atoms with E-state index in [1.165, 1.54) is 6.42 Å². The Hall–Kier alpha value is -0.160. The predicted octanol–water partition coefficient (Wildman–Crippen LogP) is 2.36. The van der Waals surface area contributed by atoms with Crippen molar-refractivity contribution >= 4 is 0 Å². The molecule has 0 fully saturated rings. The van der Waals surface area contributed by atoms with Crippen LogP contribution in [0.5, 0.6) is 0 Å². The van der Waals surface area contributed by atoms with Crippen LogP contribution in [-0.2, 0) is 9.68 Å². The monoisotopic (exact) mass is 232 g/mol. The molecule has 4 heteroatoms. The third kappa shape index (κ3) is 9.09. The lowest BCUT2D eigenvalue weighted by atomic mass is 10.3. The van der Waals surface area contributed by atoms with Gasteiger partial charge in [0.15, 0.2) is 0 Å². The fourth-order valence-electron chi connectivity index (χ4n) is 1.11. The maximum atomic E-state index is 5.60. The predicted molar refractivity (Wildman–Crippen MR) is 66.9 cm³/mol. The minimum Gasteiger partial charge on any atom is -0.299 e. The van der Waals surface area contributed by atoms with Gasteiger partial charge in [0.05, 0.1) is 12.7 Å². The third-order valence-corrected chi connectivity index (χ3v) is 2.45. The number of rotatable bonds is 11. The van der Waals surface area contributed by atoms with Crippen LogP contribution < -0.4 is 5.48 Å². The van der Waals surface area contributed by atoms with Crippen molar-refractivity contribution in [1.29, 1.82) is 0 Å². The number of hydrogen-bond acceptors (Lipinski definition) is 4. The van der Waals surface area contributed by atoms with Crippen molar-refractivity contribution in [3.05, 3.63) is 0 Å². The SMILES string of the molecule is CCCCON(CC)CCNOC(C)CC. The Morgan fingerprint density at radius 3 is 2.56 bits per heavy atom. The first-order valence-corrected chi connectivity index (χ1v) is 6.50. The van der Waals surface area contributed by atoms with Gasteiger partial charge < -0.3 is 0 Å². The van der Waals surface area contributed by atoms with Gasteiger partial charge in [-0.25, -0.2) is 5.48 Å². The molecular formula is C12H28N2O2. The van der Waals surface area contributed by atoms with Gasteiger partial charge in [-0.2, -0.15) is 5.06 Å². The van der Waals surface area contributed by atoms with Crippen molar-refractivity contribution in [2.24, 2.45) is 0 Å². The molecule has 0 saturated carbocycles. The molecule has 4 nitrogen and oxygen atoms in total. The van der Waals surface area contributed by atoms with E-state index in [-0.39, 0.29) is 6.10 Å². The lowest BCUT2D eigenvalue weighted by Gasteiger charge is -2.20. The van der Waals surface area contributed by atoms with Crippen LogP contribution in [-0.4, -0.2) is 37.4 Å². The summed E-state index contributed by atoms with van der Waals surface area (Å²) in [7, 11) is 0. The summed E-state index contributed by atoms with van der Waals surface area (Å²) < 4.78 is 0. The molecule has 0 radical (unpaired) electrons. The molecular weight excluding hydrogens is 204 g/mol. The number of likely N-dealkylation sites (N-methyl/N-ethyl adjacent to an activating group) is 1. The highest BCUT2D eigenvalue weighted by atomic mass is 16.7. The number of unbranched alkanes of at least 4 members (excludes halogenated alkanes) is 1. The van der Waals surface area contributed by atoms with E-state index in [4.69, 9.17) is 9.68 Å². The number of nitrogens with one attached hydrogen (secondary N) is 1. The van der Waals surface area contributed by atoms with Gasteiger partial charge in [-0.1, -0.05) is 27.2 Å². The van der Waals surface area contributed by atoms with Crippen molar-refractivity contribution < 1.29 is 9.68 Å². The zero-order valence-corrected chi connectivity index (χ0v) is 11.3. The highest BCUT2D eigenvalue weighted by molar-refractivity contribution is 4.46. The van der Waals surface area contributed by atoms with Crippen LogP contribution in [0.3, 0.4) is 0 Å². The summed E-state index contributed by atoms with van der Waals surface area (Å²) in [5.74, 6) is 0. The van der Waals surface area contributed by atoms with Crippen LogP contribution in [0.4, 0.5) is 0 Å². The summed E-state index contributed by atoms with van der Waals surface area (Å²) in [6.45, 7) is 11.8. The van der Waals surface area contributed by atoms with Gasteiger partial charge in [-0.15, -0.1) is 0 Å². The van der Waals surface area contributed by atoms with Crippen molar-refractivity contribution in [3.8, 4) is 0 Å². The second-order valence-corrected chi connectivity index (χ2v) is 3.94. The molecule has 0 saturated heterocycles. The highest BCUT2D eigenvalue weighted by Gasteiger charge is 2.02. The largest absolute Gasteiger partial charge is 0.299 e. The zero-order chi connectivity index (χ0) is 12.2. The quantitative estimate of drug-likeness (QED) is 0.438. The molecule has 1 atom stereocenters. The Morgan fingerprint density at radius 1 is 1.25 bits per heavy atom. The summed E-state index contributed by atoms with van der Waals surface area (Å²) in [6, 6.07) is 0. The van der Waals surface area contributed by atoms with Gasteiger partial charge in [0.2, 0.25) is 0 Å². The van der Waals surface area contributed by atoms with Gasteiger partial charge in [0.1, 0.15) is 0 Å². The fraction of sp³-hybridized carbons (Fsp3) is 1.00. The molecule has 0 bridgehead atoms. The first kappa shape index (κ1) is 15.8. The molecule has 0 amide bonds. The highest BCUT2D eigenvalue weighted by Crippen LogP contribution is 1.95. The van der Waals surface area contributed by atoms with Crippen LogP contribution in [0.25, 0.3) is 0 Å². The zero-order valence-electron chi connectivity index (χ0n) is 11.3. The molecule has 0 spiro atoms. The van der Waals surface area contributed by atoms with E-state index in [9.17, 15) is 0 Å². The Kier molecular flexibility index (Phi) is 11.2. The Balaban J connectivity index is 3.40. The van der Waals surface area contributed by atoms with E-state index in [1.807, 2.05) is 5.06 Å². The van der Waals surface area contributed by atoms with Crippen LogP contribution in [0.2, 0.25) is 0 Å². The normalized spacial score (nSPS) is 13.3. The van der Waals surface area contributed by atoms with Crippen molar-refractivity contribution in [2.75, 3.05) is 26.2 Å². The van der Waals surface area contributed by atoms with E-state index >= 15 is 0 Å². The Morgan fingerprint density at radius 2 is 2.00 bits per heavy atom. The Bertz CT molecular complexity index is 145. The van der Waals surface area contributed by atoms with Crippen molar-refractivity contribution in [3.63, 3.8) is 0 Å². The first-order chi connectivity index (χ1) is 7.74. The molecule has 0 heterocycles. The minimum absolute atomic E-state index is 0.274. The minimum atomic E-state index is 0.274. The van der Waals surface area contributed by atoms with Gasteiger partial charge in [0.25, 0.3) is 0 Å². The topological polar surface area (TPSA) is 33.7 Å². The molecule has 0 aromatic heterocycles. The molecule has 0 aromatic rings. The molecule has 0 rings (SSSR count). The van der Waals surface area contributed by atoms with E-state index in [1.54, 1.807) is 0 Å². The second kappa shape index (κ2) is 11.3. The van der Waals surface area contributed by atoms with Gasteiger partial charge in [-0.3, -0.25) is 9.68 Å². The van der Waals surface area contributed by atoms with Crippen LogP contribution >= 0.6 is 0 Å². The molecule has 98 valence electrons. The van der Waals surface area contributed by atoms with E-state index < -0.39 is 0 Å². The van der Waals surface area contributed by atoms with Gasteiger partial charge in [-0.05, 0) is 19.8 Å². The fourth-order valence-corrected chi connectivity index (χ4v) is 1.11. The molecule has 0 aliphatic carbocycles. The molecule has 0 aliphatic rings. The molecule has 0 aromatic carbocycles. The molecule has 0 aliphatic heterocycles. The van der Waals surface area contributed by atoms with E-state index in [0.717, 1.165) is 39.1 Å². The number of nitrogens with zero attached hydrogens (tertiary/aromatic N) is 1. The van der Waals surface area contributed by atoms with Crippen LogP contribution in [0, 0.1) is 0 Å². The summed E-state index contributed by atoms with van der Waals surface area (Å²) in [5, 5.41) is 1.97. The molecule has 1 N–H and O–H groups in total. The summed E-state index contributed by atoms with van der Waals surface area (Å²) in [6.07, 6.45) is 3.59. The maximum Gasteiger partial charge on any atom is 0.0759 e. The lowest BCUT2D eigenvalue weighted by Crippen LogP contribution is -2.33. The van der Waals surface area contributed by atoms with Crippen LogP contribution in [0.15, 0.2) is 0 Å². The van der Waals surface area contributed by atoms with Gasteiger partial charge >= 0.3 is 0 Å². The van der Waals surface area contributed by atoms with E-state index in [2.05, 4.69) is 33.2 Å². The summed E-state index contributed by atoms with van der Waals surface area (Å²) in [5.41, 5.74) is 2.97. The number of hydroxylamine groups is 3. The van der Waals surface area contributed by atoms with Gasteiger partial charge in [0, 0.05) is 19.6 Å². The van der Waals surface area contributed by atoms with Crippen LogP contribution in [0.1, 0.15) is 47.0 Å². The number of hydrogen-bond donors (Lipinski definition) is 1. The molecule has 1 unspecified atom stereocenters. The average molecular weight is 232 g/mol. The summed E-state index contributed by atoms with van der Waals surface area (Å²) in [4.78, 5) is 11.0. The smallest absolute Gasteiger partial charge is 0.0759 e. The average Bonchev–Trinajstić information content (AvgIpc) is 2.31. The van der Waals surface area contributed by atoms with Crippen molar-refractivity contribution in [2.45, 2.75) is 53.1 Å².